The maximum absolute atomic E-state index is 13.2. The summed E-state index contributed by atoms with van der Waals surface area (Å²) in [6.45, 7) is 6.03. The number of benzene rings is 1. The SMILES string of the molecule is C[C@@H]1C[C@@H](C)CN(C(=O)c2nn(-c3ccc(F)cc3)c3c2CCC3)C1. The van der Waals surface area contributed by atoms with Gasteiger partial charge in [-0.3, -0.25) is 4.79 Å². The quantitative estimate of drug-likeness (QED) is 0.837. The lowest BCUT2D eigenvalue weighted by Gasteiger charge is -2.34. The summed E-state index contributed by atoms with van der Waals surface area (Å²) in [7, 11) is 0. The monoisotopic (exact) mass is 341 g/mol. The van der Waals surface area contributed by atoms with Gasteiger partial charge in [-0.25, -0.2) is 9.07 Å². The average molecular weight is 341 g/mol. The molecule has 2 aromatic rings. The van der Waals surface area contributed by atoms with E-state index < -0.39 is 0 Å². The molecule has 1 aromatic heterocycles. The lowest BCUT2D eigenvalue weighted by Crippen LogP contribution is -2.43. The van der Waals surface area contributed by atoms with Gasteiger partial charge in [-0.2, -0.15) is 5.10 Å². The number of hydrogen-bond donors (Lipinski definition) is 0. The molecule has 0 saturated carbocycles. The number of carbonyl (C=O) groups is 1. The maximum Gasteiger partial charge on any atom is 0.274 e. The molecule has 2 atom stereocenters. The molecule has 4 rings (SSSR count). The summed E-state index contributed by atoms with van der Waals surface area (Å²) >= 11 is 0. The van der Waals surface area contributed by atoms with E-state index in [1.54, 1.807) is 12.1 Å². The summed E-state index contributed by atoms with van der Waals surface area (Å²) in [6.07, 6.45) is 4.03. The molecule has 1 aliphatic carbocycles. The molecule has 0 spiro atoms. The van der Waals surface area contributed by atoms with Crippen molar-refractivity contribution in [3.8, 4) is 5.69 Å². The van der Waals surface area contributed by atoms with Crippen LogP contribution < -0.4 is 0 Å². The molecule has 1 saturated heterocycles. The van der Waals surface area contributed by atoms with Crippen LogP contribution in [0.5, 0.6) is 0 Å². The second-order valence-electron chi connectivity index (χ2n) is 7.67. The molecule has 1 fully saturated rings. The highest BCUT2D eigenvalue weighted by Gasteiger charge is 2.32. The van der Waals surface area contributed by atoms with Crippen LogP contribution in [0.2, 0.25) is 0 Å². The minimum Gasteiger partial charge on any atom is -0.337 e. The average Bonchev–Trinajstić information content (AvgIpc) is 3.16. The Kier molecular flexibility index (Phi) is 4.10. The summed E-state index contributed by atoms with van der Waals surface area (Å²) in [5.41, 5.74) is 3.60. The van der Waals surface area contributed by atoms with Gasteiger partial charge in [0.2, 0.25) is 0 Å². The van der Waals surface area contributed by atoms with E-state index in [2.05, 4.69) is 18.9 Å². The number of fused-ring (bicyclic) bond motifs is 1. The van der Waals surface area contributed by atoms with Crippen LogP contribution in [0.15, 0.2) is 24.3 Å². The molecule has 1 amide bonds. The summed E-state index contributed by atoms with van der Waals surface area (Å²) in [6, 6.07) is 6.32. The second kappa shape index (κ2) is 6.28. The molecule has 2 aliphatic rings. The molecule has 25 heavy (non-hydrogen) atoms. The van der Waals surface area contributed by atoms with E-state index >= 15 is 0 Å². The third-order valence-electron chi connectivity index (χ3n) is 5.36. The number of amides is 1. The van der Waals surface area contributed by atoms with E-state index in [-0.39, 0.29) is 11.7 Å². The van der Waals surface area contributed by atoms with Gasteiger partial charge in [0.1, 0.15) is 5.82 Å². The molecule has 5 heteroatoms. The van der Waals surface area contributed by atoms with Crippen LogP contribution in [0.25, 0.3) is 5.69 Å². The van der Waals surface area contributed by atoms with Crippen LogP contribution in [0.3, 0.4) is 0 Å². The Labute approximate surface area is 147 Å². The number of rotatable bonds is 2. The molecule has 0 bridgehead atoms. The van der Waals surface area contributed by atoms with Gasteiger partial charge in [0, 0.05) is 24.3 Å². The van der Waals surface area contributed by atoms with Crippen molar-refractivity contribution in [1.29, 1.82) is 0 Å². The molecule has 0 radical (unpaired) electrons. The summed E-state index contributed by atoms with van der Waals surface area (Å²) in [5.74, 6) is 0.845. The highest BCUT2D eigenvalue weighted by Crippen LogP contribution is 2.30. The first-order valence-electron chi connectivity index (χ1n) is 9.19. The minimum absolute atomic E-state index is 0.0532. The van der Waals surface area contributed by atoms with Crippen LogP contribution in [0.1, 0.15) is 48.4 Å². The molecule has 0 N–H and O–H groups in total. The standard InChI is InChI=1S/C20H24FN3O/c1-13-10-14(2)12-23(11-13)20(25)19-17-4-3-5-18(17)24(22-19)16-8-6-15(21)7-9-16/h6-9,13-14H,3-5,10-12H2,1-2H3/t13-,14-/m1/s1. The van der Waals surface area contributed by atoms with Crippen LogP contribution in [0, 0.1) is 17.7 Å². The van der Waals surface area contributed by atoms with Gasteiger partial charge in [-0.15, -0.1) is 0 Å². The van der Waals surface area contributed by atoms with Crippen molar-refractivity contribution in [3.05, 3.63) is 47.0 Å². The number of likely N-dealkylation sites (tertiary alicyclic amines) is 1. The fraction of sp³-hybridized carbons (Fsp3) is 0.500. The van der Waals surface area contributed by atoms with Crippen LogP contribution in [-0.2, 0) is 12.8 Å². The smallest absolute Gasteiger partial charge is 0.274 e. The Balaban J connectivity index is 1.70. The van der Waals surface area contributed by atoms with Crippen molar-refractivity contribution in [2.45, 2.75) is 39.5 Å². The van der Waals surface area contributed by atoms with E-state index in [4.69, 9.17) is 0 Å². The maximum atomic E-state index is 13.2. The van der Waals surface area contributed by atoms with Crippen molar-refractivity contribution in [2.24, 2.45) is 11.8 Å². The number of nitrogens with zero attached hydrogens (tertiary/aromatic N) is 3. The number of piperidine rings is 1. The Morgan fingerprint density at radius 1 is 1.12 bits per heavy atom. The molecule has 0 unspecified atom stereocenters. The first-order valence-corrected chi connectivity index (χ1v) is 9.19. The van der Waals surface area contributed by atoms with Crippen LogP contribution in [0.4, 0.5) is 4.39 Å². The highest BCUT2D eigenvalue weighted by atomic mass is 19.1. The zero-order valence-corrected chi connectivity index (χ0v) is 14.8. The Morgan fingerprint density at radius 3 is 2.48 bits per heavy atom. The van der Waals surface area contributed by atoms with E-state index in [0.29, 0.717) is 17.5 Å². The van der Waals surface area contributed by atoms with E-state index in [1.807, 2.05) is 9.58 Å². The Bertz CT molecular complexity index is 786. The van der Waals surface area contributed by atoms with Crippen molar-refractivity contribution in [2.75, 3.05) is 13.1 Å². The largest absolute Gasteiger partial charge is 0.337 e. The molecular formula is C20H24FN3O. The number of hydrogen-bond acceptors (Lipinski definition) is 2. The van der Waals surface area contributed by atoms with Crippen LogP contribution >= 0.6 is 0 Å². The molecule has 4 nitrogen and oxygen atoms in total. The fourth-order valence-corrected chi connectivity index (χ4v) is 4.38. The van der Waals surface area contributed by atoms with Gasteiger partial charge < -0.3 is 4.90 Å². The van der Waals surface area contributed by atoms with E-state index in [0.717, 1.165) is 49.3 Å². The first kappa shape index (κ1) is 16.3. The van der Waals surface area contributed by atoms with Crippen molar-refractivity contribution in [1.82, 2.24) is 14.7 Å². The predicted molar refractivity (Wildman–Crippen MR) is 94.4 cm³/mol. The summed E-state index contributed by atoms with van der Waals surface area (Å²) in [4.78, 5) is 15.1. The van der Waals surface area contributed by atoms with Crippen molar-refractivity contribution < 1.29 is 9.18 Å². The third kappa shape index (κ3) is 2.96. The van der Waals surface area contributed by atoms with Gasteiger partial charge >= 0.3 is 0 Å². The van der Waals surface area contributed by atoms with Crippen molar-refractivity contribution >= 4 is 5.91 Å². The first-order chi connectivity index (χ1) is 12.0. The lowest BCUT2D eigenvalue weighted by atomic mass is 9.91. The molecule has 2 heterocycles. The second-order valence-corrected chi connectivity index (χ2v) is 7.67. The lowest BCUT2D eigenvalue weighted by molar-refractivity contribution is 0.0615. The highest BCUT2D eigenvalue weighted by molar-refractivity contribution is 5.94. The summed E-state index contributed by atoms with van der Waals surface area (Å²) in [5, 5.41) is 4.66. The van der Waals surface area contributed by atoms with E-state index in [1.165, 1.54) is 18.6 Å². The Morgan fingerprint density at radius 2 is 1.80 bits per heavy atom. The minimum atomic E-state index is -0.264. The molecule has 1 aromatic carbocycles. The van der Waals surface area contributed by atoms with E-state index in [9.17, 15) is 9.18 Å². The van der Waals surface area contributed by atoms with Crippen molar-refractivity contribution in [3.63, 3.8) is 0 Å². The van der Waals surface area contributed by atoms with Gasteiger partial charge in [0.05, 0.1) is 5.69 Å². The van der Waals surface area contributed by atoms with Crippen LogP contribution in [-0.4, -0.2) is 33.7 Å². The fourth-order valence-electron chi connectivity index (χ4n) is 4.38. The normalized spacial score (nSPS) is 22.9. The molecular weight excluding hydrogens is 317 g/mol. The van der Waals surface area contributed by atoms with Gasteiger partial charge in [-0.05, 0) is 61.8 Å². The third-order valence-corrected chi connectivity index (χ3v) is 5.36. The number of carbonyl (C=O) groups excluding carboxylic acids is 1. The summed E-state index contributed by atoms with van der Waals surface area (Å²) < 4.78 is 15.1. The number of aromatic nitrogens is 2. The molecule has 1 aliphatic heterocycles. The van der Waals surface area contributed by atoms with Gasteiger partial charge in [0.15, 0.2) is 5.69 Å². The Hall–Kier alpha value is -2.17. The zero-order valence-electron chi connectivity index (χ0n) is 14.8. The number of halogens is 1. The van der Waals surface area contributed by atoms with Gasteiger partial charge in [-0.1, -0.05) is 13.8 Å². The zero-order chi connectivity index (χ0) is 17.6. The molecule has 132 valence electrons. The topological polar surface area (TPSA) is 38.1 Å². The van der Waals surface area contributed by atoms with Gasteiger partial charge in [0.25, 0.3) is 5.91 Å². The predicted octanol–water partition coefficient (Wildman–Crippen LogP) is 3.62.